The molecule has 0 bridgehead atoms. The number of pyridine rings is 1. The van der Waals surface area contributed by atoms with Crippen molar-refractivity contribution in [1.82, 2.24) is 19.1 Å². The fourth-order valence-corrected chi connectivity index (χ4v) is 5.45. The van der Waals surface area contributed by atoms with Gasteiger partial charge in [-0.15, -0.1) is 0 Å². The number of aromatic nitrogens is 3. The monoisotopic (exact) mass is 514 g/mol. The molecule has 0 radical (unpaired) electrons. The summed E-state index contributed by atoms with van der Waals surface area (Å²) >= 11 is 1.73. The second kappa shape index (κ2) is 10.8. The van der Waals surface area contributed by atoms with Crippen molar-refractivity contribution in [1.29, 1.82) is 0 Å². The molecule has 1 aromatic carbocycles. The van der Waals surface area contributed by atoms with E-state index >= 15 is 0 Å². The lowest BCUT2D eigenvalue weighted by Gasteiger charge is -2.36. The van der Waals surface area contributed by atoms with E-state index in [1.54, 1.807) is 30.4 Å². The maximum Gasteiger partial charge on any atom is 0.316 e. The standard InChI is InChI=1S/C25H28F2N6O2S/c26-18-11-19(27)13-20(12-18)33-25(34)24(35-21-3-1-2-4-21)22(15-30-33)31-7-9-32(10-8-31)36-16-17-5-6-23(28)29-14-17/h5-6,11-15,21H,1-4,7-10,16H2,(H2,28,29). The Labute approximate surface area is 212 Å². The summed E-state index contributed by atoms with van der Waals surface area (Å²) in [7, 11) is 0. The molecule has 5 rings (SSSR count). The zero-order valence-electron chi connectivity index (χ0n) is 19.8. The number of nitrogen functional groups attached to an aromatic ring is 1. The third kappa shape index (κ3) is 5.62. The lowest BCUT2D eigenvalue weighted by atomic mass is 10.2. The number of rotatable bonds is 7. The first-order valence-corrected chi connectivity index (χ1v) is 13.0. The van der Waals surface area contributed by atoms with E-state index in [2.05, 4.69) is 19.3 Å². The lowest BCUT2D eigenvalue weighted by Crippen LogP contribution is -2.44. The van der Waals surface area contributed by atoms with E-state index < -0.39 is 17.2 Å². The van der Waals surface area contributed by atoms with Gasteiger partial charge in [0.2, 0.25) is 5.75 Å². The minimum absolute atomic E-state index is 0.0266. The third-order valence-electron chi connectivity index (χ3n) is 6.43. The Morgan fingerprint density at radius 3 is 2.42 bits per heavy atom. The zero-order chi connectivity index (χ0) is 25.1. The Hall–Kier alpha value is -3.18. The molecule has 1 aliphatic heterocycles. The van der Waals surface area contributed by atoms with E-state index in [1.807, 2.05) is 6.07 Å². The topological polar surface area (TPSA) is 89.5 Å². The highest BCUT2D eigenvalue weighted by atomic mass is 32.2. The van der Waals surface area contributed by atoms with Gasteiger partial charge in [0, 0.05) is 44.2 Å². The van der Waals surface area contributed by atoms with Crippen molar-refractivity contribution < 1.29 is 13.5 Å². The minimum Gasteiger partial charge on any atom is -0.483 e. The van der Waals surface area contributed by atoms with Crippen LogP contribution in [0.1, 0.15) is 31.2 Å². The van der Waals surface area contributed by atoms with Crippen LogP contribution < -0.4 is 20.9 Å². The molecule has 2 fully saturated rings. The molecule has 11 heteroatoms. The lowest BCUT2D eigenvalue weighted by molar-refractivity contribution is 0.205. The van der Waals surface area contributed by atoms with Crippen LogP contribution in [0, 0.1) is 11.6 Å². The number of halogens is 2. The first kappa shape index (κ1) is 24.5. The number of piperazine rings is 1. The zero-order valence-corrected chi connectivity index (χ0v) is 20.6. The van der Waals surface area contributed by atoms with Crippen LogP contribution in [0.4, 0.5) is 20.3 Å². The molecule has 2 aromatic heterocycles. The van der Waals surface area contributed by atoms with Gasteiger partial charge in [0.1, 0.15) is 23.1 Å². The molecule has 2 N–H and O–H groups in total. The number of nitrogens with two attached hydrogens (primary N) is 1. The number of hydrogen-bond donors (Lipinski definition) is 1. The smallest absolute Gasteiger partial charge is 0.316 e. The van der Waals surface area contributed by atoms with Crippen molar-refractivity contribution in [2.45, 2.75) is 37.5 Å². The molecule has 190 valence electrons. The van der Waals surface area contributed by atoms with Gasteiger partial charge in [-0.2, -0.15) is 9.78 Å². The van der Waals surface area contributed by atoms with E-state index in [1.165, 1.54) is 0 Å². The SMILES string of the molecule is Nc1ccc(CSN2CCN(c3cnn(-c4cc(F)cc(F)c4)c(=O)c3OC3CCCC3)CC2)cn1. The number of nitrogens with zero attached hydrogens (tertiary/aromatic N) is 5. The highest BCUT2D eigenvalue weighted by Gasteiger charge is 2.27. The van der Waals surface area contributed by atoms with E-state index in [-0.39, 0.29) is 17.5 Å². The highest BCUT2D eigenvalue weighted by molar-refractivity contribution is 7.96. The van der Waals surface area contributed by atoms with Crippen molar-refractivity contribution in [3.63, 3.8) is 0 Å². The second-order valence-corrected chi connectivity index (χ2v) is 10.1. The van der Waals surface area contributed by atoms with Crippen LogP contribution in [0.25, 0.3) is 5.69 Å². The normalized spacial score (nSPS) is 17.0. The van der Waals surface area contributed by atoms with Crippen LogP contribution in [-0.2, 0) is 5.75 Å². The van der Waals surface area contributed by atoms with Gasteiger partial charge in [0.15, 0.2) is 0 Å². The molecule has 3 heterocycles. The van der Waals surface area contributed by atoms with Gasteiger partial charge in [-0.3, -0.25) is 4.79 Å². The summed E-state index contributed by atoms with van der Waals surface area (Å²) in [5.41, 5.74) is 6.89. The molecule has 36 heavy (non-hydrogen) atoms. The van der Waals surface area contributed by atoms with Crippen molar-refractivity contribution in [3.8, 4) is 11.4 Å². The Morgan fingerprint density at radius 1 is 1.03 bits per heavy atom. The average Bonchev–Trinajstić information content (AvgIpc) is 3.38. The maximum atomic E-state index is 13.8. The fourth-order valence-electron chi connectivity index (χ4n) is 4.53. The van der Waals surface area contributed by atoms with E-state index in [0.717, 1.165) is 73.0 Å². The molecular weight excluding hydrogens is 486 g/mol. The fraction of sp³-hybridized carbons (Fsp3) is 0.400. The number of ether oxygens (including phenoxy) is 1. The first-order valence-electron chi connectivity index (χ1n) is 12.0. The molecule has 0 amide bonds. The molecule has 1 saturated carbocycles. The predicted molar refractivity (Wildman–Crippen MR) is 136 cm³/mol. The summed E-state index contributed by atoms with van der Waals surface area (Å²) in [5, 5.41) is 4.26. The summed E-state index contributed by atoms with van der Waals surface area (Å²) < 4.78 is 37.2. The van der Waals surface area contributed by atoms with Crippen LogP contribution in [0.15, 0.2) is 47.5 Å². The van der Waals surface area contributed by atoms with Gasteiger partial charge in [-0.1, -0.05) is 18.0 Å². The second-order valence-electron chi connectivity index (χ2n) is 9.01. The summed E-state index contributed by atoms with van der Waals surface area (Å²) in [6.45, 7) is 2.95. The van der Waals surface area contributed by atoms with Gasteiger partial charge >= 0.3 is 5.56 Å². The van der Waals surface area contributed by atoms with E-state index in [0.29, 0.717) is 24.6 Å². The van der Waals surface area contributed by atoms with Gasteiger partial charge in [-0.05, 0) is 49.4 Å². The third-order valence-corrected chi connectivity index (χ3v) is 7.63. The number of anilines is 2. The predicted octanol–water partition coefficient (Wildman–Crippen LogP) is 3.78. The number of hydrogen-bond acceptors (Lipinski definition) is 8. The highest BCUT2D eigenvalue weighted by Crippen LogP contribution is 2.31. The molecule has 0 spiro atoms. The number of benzene rings is 1. The Morgan fingerprint density at radius 2 is 1.75 bits per heavy atom. The Bertz CT molecular complexity index is 1240. The van der Waals surface area contributed by atoms with E-state index in [9.17, 15) is 13.6 Å². The van der Waals surface area contributed by atoms with Crippen LogP contribution >= 0.6 is 11.9 Å². The van der Waals surface area contributed by atoms with E-state index in [4.69, 9.17) is 10.5 Å². The van der Waals surface area contributed by atoms with Crippen molar-refractivity contribution in [2.24, 2.45) is 0 Å². The molecule has 1 saturated heterocycles. The van der Waals surface area contributed by atoms with Crippen molar-refractivity contribution in [2.75, 3.05) is 36.8 Å². The van der Waals surface area contributed by atoms with Crippen molar-refractivity contribution >= 4 is 23.5 Å². The van der Waals surface area contributed by atoms with Gasteiger partial charge < -0.3 is 15.4 Å². The molecular formula is C25H28F2N6O2S. The minimum atomic E-state index is -0.774. The summed E-state index contributed by atoms with van der Waals surface area (Å²) in [4.78, 5) is 19.7. The quantitative estimate of drug-likeness (QED) is 0.477. The summed E-state index contributed by atoms with van der Waals surface area (Å²) in [5.74, 6) is -0.0546. The molecule has 1 aliphatic carbocycles. The Kier molecular flexibility index (Phi) is 7.38. The average molecular weight is 515 g/mol. The summed E-state index contributed by atoms with van der Waals surface area (Å²) in [6.07, 6.45) is 7.15. The van der Waals surface area contributed by atoms with Crippen LogP contribution in [0.5, 0.6) is 5.75 Å². The molecule has 3 aromatic rings. The molecule has 8 nitrogen and oxygen atoms in total. The molecule has 2 aliphatic rings. The van der Waals surface area contributed by atoms with Gasteiger partial charge in [-0.25, -0.2) is 18.1 Å². The molecule has 0 unspecified atom stereocenters. The van der Waals surface area contributed by atoms with Crippen LogP contribution in [-0.4, -0.2) is 51.4 Å². The molecule has 0 atom stereocenters. The van der Waals surface area contributed by atoms with Gasteiger partial charge in [0.25, 0.3) is 0 Å². The van der Waals surface area contributed by atoms with Gasteiger partial charge in [0.05, 0.1) is 18.0 Å². The van der Waals surface area contributed by atoms with Crippen LogP contribution in [0.3, 0.4) is 0 Å². The maximum absolute atomic E-state index is 13.8. The summed E-state index contributed by atoms with van der Waals surface area (Å²) in [6, 6.07) is 6.71. The van der Waals surface area contributed by atoms with Crippen LogP contribution in [0.2, 0.25) is 0 Å². The van der Waals surface area contributed by atoms with Crippen molar-refractivity contribution in [3.05, 3.63) is 70.3 Å². The first-order chi connectivity index (χ1) is 17.5. The Balaban J connectivity index is 1.34. The largest absolute Gasteiger partial charge is 0.483 e.